The Bertz CT molecular complexity index is 142. The predicted octanol–water partition coefficient (Wildman–Crippen LogP) is 2.18. The average molecular weight is 169 g/mol. The highest BCUT2D eigenvalue weighted by molar-refractivity contribution is 4.87. The zero-order chi connectivity index (χ0) is 8.55. The lowest BCUT2D eigenvalue weighted by Gasteiger charge is -2.41. The lowest BCUT2D eigenvalue weighted by Crippen LogP contribution is -2.39. The van der Waals surface area contributed by atoms with Crippen molar-refractivity contribution in [2.75, 3.05) is 0 Å². The Morgan fingerprint density at radius 3 is 2.08 bits per heavy atom. The van der Waals surface area contributed by atoms with Crippen molar-refractivity contribution >= 4 is 0 Å². The van der Waals surface area contributed by atoms with Gasteiger partial charge in [0.05, 0.1) is 0 Å². The van der Waals surface area contributed by atoms with Crippen LogP contribution in [0.15, 0.2) is 0 Å². The molecule has 0 aromatic carbocycles. The normalized spacial score (nSPS) is 47.5. The smallest absolute Gasteiger partial charge is 0.0325 e. The average Bonchev–Trinajstić information content (AvgIpc) is 2.02. The Balaban J connectivity index is 1.96. The molecule has 2 unspecified atom stereocenters. The summed E-state index contributed by atoms with van der Waals surface area (Å²) in [5.74, 6) is 2.70. The molecule has 70 valence electrons. The second-order valence-electron chi connectivity index (χ2n) is 4.84. The van der Waals surface area contributed by atoms with E-state index in [1.165, 1.54) is 32.1 Å². The first-order chi connectivity index (χ1) is 5.78. The van der Waals surface area contributed by atoms with Gasteiger partial charge in [0.15, 0.2) is 0 Å². The van der Waals surface area contributed by atoms with E-state index >= 15 is 0 Å². The van der Waals surface area contributed by atoms with E-state index in [4.69, 9.17) is 5.21 Å². The standard InChI is InChI=1S/C10H19NO/c1-7-2-8-4-9(3-7)6-10(5-8)11-12/h7-12H,2-6H2,1H3. The monoisotopic (exact) mass is 169 g/mol. The van der Waals surface area contributed by atoms with Gasteiger partial charge in [-0.15, -0.1) is 0 Å². The van der Waals surface area contributed by atoms with E-state index in [9.17, 15) is 0 Å². The summed E-state index contributed by atoms with van der Waals surface area (Å²) in [7, 11) is 0. The van der Waals surface area contributed by atoms with Crippen LogP contribution in [0.1, 0.15) is 39.0 Å². The molecule has 2 rings (SSSR count). The minimum atomic E-state index is 0.390. The quantitative estimate of drug-likeness (QED) is 0.590. The van der Waals surface area contributed by atoms with Gasteiger partial charge in [0, 0.05) is 6.04 Å². The van der Waals surface area contributed by atoms with Crippen LogP contribution in [0, 0.1) is 17.8 Å². The third-order valence-corrected chi connectivity index (χ3v) is 3.56. The van der Waals surface area contributed by atoms with E-state index in [0.717, 1.165) is 17.8 Å². The Morgan fingerprint density at radius 2 is 1.58 bits per heavy atom. The fourth-order valence-electron chi connectivity index (χ4n) is 3.29. The van der Waals surface area contributed by atoms with Gasteiger partial charge < -0.3 is 5.21 Å². The second kappa shape index (κ2) is 3.35. The van der Waals surface area contributed by atoms with E-state index in [2.05, 4.69) is 12.4 Å². The number of hydrogen-bond donors (Lipinski definition) is 2. The van der Waals surface area contributed by atoms with Crippen LogP contribution in [0.5, 0.6) is 0 Å². The van der Waals surface area contributed by atoms with Gasteiger partial charge in [-0.25, -0.2) is 5.48 Å². The predicted molar refractivity (Wildman–Crippen MR) is 47.9 cm³/mol. The van der Waals surface area contributed by atoms with Gasteiger partial charge in [-0.05, 0) is 49.9 Å². The van der Waals surface area contributed by atoms with Gasteiger partial charge in [-0.3, -0.25) is 0 Å². The molecule has 2 aliphatic carbocycles. The summed E-state index contributed by atoms with van der Waals surface area (Å²) in [5, 5.41) is 8.86. The van der Waals surface area contributed by atoms with E-state index in [-0.39, 0.29) is 0 Å². The minimum Gasteiger partial charge on any atom is -0.317 e. The molecule has 2 N–H and O–H groups in total. The molecular formula is C10H19NO. The molecule has 2 heteroatoms. The van der Waals surface area contributed by atoms with Crippen molar-refractivity contribution in [2.24, 2.45) is 17.8 Å². The first kappa shape index (κ1) is 8.52. The third-order valence-electron chi connectivity index (χ3n) is 3.56. The molecule has 2 bridgehead atoms. The largest absolute Gasteiger partial charge is 0.317 e. The molecule has 0 saturated heterocycles. The fourth-order valence-corrected chi connectivity index (χ4v) is 3.29. The zero-order valence-corrected chi connectivity index (χ0v) is 7.79. The van der Waals surface area contributed by atoms with Gasteiger partial charge in [-0.2, -0.15) is 0 Å². The summed E-state index contributed by atoms with van der Waals surface area (Å²) in [4.78, 5) is 0. The summed E-state index contributed by atoms with van der Waals surface area (Å²) >= 11 is 0. The molecule has 0 amide bonds. The molecule has 0 aromatic rings. The molecular weight excluding hydrogens is 150 g/mol. The Morgan fingerprint density at radius 1 is 1.00 bits per heavy atom. The van der Waals surface area contributed by atoms with Gasteiger partial charge >= 0.3 is 0 Å². The lowest BCUT2D eigenvalue weighted by molar-refractivity contribution is 0.0453. The van der Waals surface area contributed by atoms with E-state index < -0.39 is 0 Å². The first-order valence-electron chi connectivity index (χ1n) is 5.17. The topological polar surface area (TPSA) is 32.3 Å². The molecule has 0 aliphatic heterocycles. The van der Waals surface area contributed by atoms with Crippen LogP contribution in [-0.4, -0.2) is 11.2 Å². The van der Waals surface area contributed by atoms with Gasteiger partial charge in [-0.1, -0.05) is 6.92 Å². The number of hydroxylamine groups is 1. The highest BCUT2D eigenvalue weighted by atomic mass is 16.5. The SMILES string of the molecule is CC1CC2CC(C1)CC(NO)C2. The van der Waals surface area contributed by atoms with Crippen molar-refractivity contribution in [1.82, 2.24) is 5.48 Å². The molecule has 0 aromatic heterocycles. The number of hydrogen-bond acceptors (Lipinski definition) is 2. The highest BCUT2D eigenvalue weighted by Gasteiger charge is 2.34. The van der Waals surface area contributed by atoms with E-state index in [1.54, 1.807) is 0 Å². The van der Waals surface area contributed by atoms with Crippen molar-refractivity contribution in [3.05, 3.63) is 0 Å². The van der Waals surface area contributed by atoms with Crippen molar-refractivity contribution < 1.29 is 5.21 Å². The van der Waals surface area contributed by atoms with Crippen LogP contribution in [-0.2, 0) is 0 Å². The molecule has 2 atom stereocenters. The third kappa shape index (κ3) is 1.64. The zero-order valence-electron chi connectivity index (χ0n) is 7.79. The molecule has 2 nitrogen and oxygen atoms in total. The summed E-state index contributed by atoms with van der Waals surface area (Å²) in [6.45, 7) is 2.37. The molecule has 2 saturated carbocycles. The number of rotatable bonds is 1. The molecule has 12 heavy (non-hydrogen) atoms. The van der Waals surface area contributed by atoms with Crippen molar-refractivity contribution in [3.8, 4) is 0 Å². The molecule has 2 aliphatic rings. The van der Waals surface area contributed by atoms with Crippen LogP contribution in [0.2, 0.25) is 0 Å². The van der Waals surface area contributed by atoms with Gasteiger partial charge in [0.1, 0.15) is 0 Å². The van der Waals surface area contributed by atoms with Crippen LogP contribution in [0.3, 0.4) is 0 Å². The molecule has 0 radical (unpaired) electrons. The van der Waals surface area contributed by atoms with Crippen molar-refractivity contribution in [3.63, 3.8) is 0 Å². The minimum absolute atomic E-state index is 0.390. The number of nitrogens with one attached hydrogen (secondary N) is 1. The van der Waals surface area contributed by atoms with Crippen LogP contribution >= 0.6 is 0 Å². The first-order valence-corrected chi connectivity index (χ1v) is 5.17. The van der Waals surface area contributed by atoms with E-state index in [1.807, 2.05) is 0 Å². The van der Waals surface area contributed by atoms with Crippen LogP contribution < -0.4 is 5.48 Å². The number of fused-ring (bicyclic) bond motifs is 2. The summed E-state index contributed by atoms with van der Waals surface area (Å²) < 4.78 is 0. The summed E-state index contributed by atoms with van der Waals surface area (Å²) in [6.07, 6.45) is 6.57. The second-order valence-corrected chi connectivity index (χ2v) is 4.84. The maximum absolute atomic E-state index is 8.86. The fraction of sp³-hybridized carbons (Fsp3) is 1.00. The Labute approximate surface area is 74.3 Å². The summed E-state index contributed by atoms with van der Waals surface area (Å²) in [6, 6.07) is 0.390. The Hall–Kier alpha value is -0.0800. The Kier molecular flexibility index (Phi) is 2.37. The van der Waals surface area contributed by atoms with Gasteiger partial charge in [0.2, 0.25) is 0 Å². The molecule has 0 heterocycles. The maximum Gasteiger partial charge on any atom is 0.0325 e. The van der Waals surface area contributed by atoms with Gasteiger partial charge in [0.25, 0.3) is 0 Å². The summed E-state index contributed by atoms with van der Waals surface area (Å²) in [5.41, 5.74) is 2.45. The van der Waals surface area contributed by atoms with Crippen LogP contribution in [0.4, 0.5) is 0 Å². The lowest BCUT2D eigenvalue weighted by atomic mass is 9.67. The van der Waals surface area contributed by atoms with E-state index in [0.29, 0.717) is 6.04 Å². The van der Waals surface area contributed by atoms with Crippen molar-refractivity contribution in [2.45, 2.75) is 45.1 Å². The maximum atomic E-state index is 8.86. The highest BCUT2D eigenvalue weighted by Crippen LogP contribution is 2.42. The molecule has 2 fully saturated rings. The molecule has 0 spiro atoms. The van der Waals surface area contributed by atoms with Crippen LogP contribution in [0.25, 0.3) is 0 Å². The van der Waals surface area contributed by atoms with Crippen molar-refractivity contribution in [1.29, 1.82) is 0 Å².